The smallest absolute Gasteiger partial charge is 0.277 e. The van der Waals surface area contributed by atoms with Crippen molar-refractivity contribution in [1.29, 1.82) is 0 Å². The van der Waals surface area contributed by atoms with Crippen molar-refractivity contribution >= 4 is 23.1 Å². The van der Waals surface area contributed by atoms with Crippen LogP contribution in [0.5, 0.6) is 0 Å². The Labute approximate surface area is 183 Å². The molecular weight excluding hydrogens is 412 g/mol. The predicted molar refractivity (Wildman–Crippen MR) is 114 cm³/mol. The summed E-state index contributed by atoms with van der Waals surface area (Å²) in [6.07, 6.45) is 7.81. The monoisotopic (exact) mass is 434 g/mol. The quantitative estimate of drug-likeness (QED) is 0.488. The van der Waals surface area contributed by atoms with Crippen molar-refractivity contribution in [2.75, 3.05) is 5.32 Å². The van der Waals surface area contributed by atoms with Gasteiger partial charge in [-0.3, -0.25) is 9.59 Å². The van der Waals surface area contributed by atoms with E-state index in [1.807, 2.05) is 20.8 Å². The lowest BCUT2D eigenvalue weighted by Crippen LogP contribution is -2.26. The Balaban J connectivity index is 1.41. The van der Waals surface area contributed by atoms with Crippen LogP contribution >= 0.6 is 0 Å². The Morgan fingerprint density at radius 1 is 1.09 bits per heavy atom. The number of amides is 2. The molecule has 4 aromatic heterocycles. The molecule has 0 saturated carbocycles. The van der Waals surface area contributed by atoms with Gasteiger partial charge in [0.1, 0.15) is 11.4 Å². The second-order valence-electron chi connectivity index (χ2n) is 8.26. The largest absolute Gasteiger partial charge is 0.358 e. The highest BCUT2D eigenvalue weighted by Crippen LogP contribution is 2.19. The van der Waals surface area contributed by atoms with Crippen LogP contribution in [-0.4, -0.2) is 41.5 Å². The molecule has 0 unspecified atom stereocenters. The lowest BCUT2D eigenvalue weighted by atomic mass is 9.96. The molecule has 4 aromatic rings. The first-order chi connectivity index (χ1) is 15.2. The molecule has 0 radical (unpaired) electrons. The highest BCUT2D eigenvalue weighted by atomic mass is 16.5. The molecule has 1 atom stereocenters. The topological polar surface area (TPSA) is 140 Å². The third-order valence-electron chi connectivity index (χ3n) is 4.64. The molecule has 4 rings (SSSR count). The van der Waals surface area contributed by atoms with E-state index in [-0.39, 0.29) is 17.0 Å². The molecule has 0 fully saturated rings. The van der Waals surface area contributed by atoms with E-state index in [4.69, 9.17) is 4.52 Å². The lowest BCUT2D eigenvalue weighted by Gasteiger charge is -2.16. The summed E-state index contributed by atoms with van der Waals surface area (Å²) in [6, 6.07) is 2.65. The van der Waals surface area contributed by atoms with Crippen molar-refractivity contribution in [3.63, 3.8) is 0 Å². The molecule has 0 aliphatic heterocycles. The van der Waals surface area contributed by atoms with Gasteiger partial charge in [-0.2, -0.15) is 5.10 Å². The van der Waals surface area contributed by atoms with E-state index in [1.54, 1.807) is 37.8 Å². The van der Waals surface area contributed by atoms with Crippen LogP contribution in [0.3, 0.4) is 0 Å². The highest BCUT2D eigenvalue weighted by Gasteiger charge is 2.22. The first kappa shape index (κ1) is 21.1. The van der Waals surface area contributed by atoms with Crippen molar-refractivity contribution in [2.24, 2.45) is 0 Å². The molecule has 2 amide bonds. The van der Waals surface area contributed by atoms with Gasteiger partial charge in [-0.1, -0.05) is 25.9 Å². The zero-order valence-electron chi connectivity index (χ0n) is 18.0. The Hall–Kier alpha value is -4.15. The summed E-state index contributed by atoms with van der Waals surface area (Å²) < 4.78 is 6.77. The fourth-order valence-electron chi connectivity index (χ4n) is 2.91. The van der Waals surface area contributed by atoms with Crippen LogP contribution in [0.25, 0.3) is 5.65 Å². The summed E-state index contributed by atoms with van der Waals surface area (Å²) in [4.78, 5) is 37.8. The molecule has 32 heavy (non-hydrogen) atoms. The van der Waals surface area contributed by atoms with Crippen molar-refractivity contribution in [1.82, 2.24) is 35.0 Å². The molecule has 4 heterocycles. The van der Waals surface area contributed by atoms with Crippen LogP contribution in [0.15, 0.2) is 47.6 Å². The number of hydrogen-bond acceptors (Lipinski definition) is 8. The second kappa shape index (κ2) is 8.17. The van der Waals surface area contributed by atoms with Gasteiger partial charge in [-0.25, -0.2) is 19.5 Å². The van der Waals surface area contributed by atoms with Gasteiger partial charge in [-0.05, 0) is 13.0 Å². The van der Waals surface area contributed by atoms with E-state index in [9.17, 15) is 9.59 Å². The van der Waals surface area contributed by atoms with E-state index in [2.05, 4.69) is 35.8 Å². The van der Waals surface area contributed by atoms with E-state index in [1.165, 1.54) is 16.8 Å². The summed E-state index contributed by atoms with van der Waals surface area (Å²) in [5.41, 5.74) is 1.08. The average Bonchev–Trinajstić information content (AvgIpc) is 3.41. The molecule has 2 N–H and O–H groups in total. The van der Waals surface area contributed by atoms with Crippen LogP contribution in [0.2, 0.25) is 0 Å². The maximum atomic E-state index is 12.6. The van der Waals surface area contributed by atoms with Crippen molar-refractivity contribution in [2.45, 2.75) is 39.2 Å². The van der Waals surface area contributed by atoms with Gasteiger partial charge in [-0.15, -0.1) is 0 Å². The number of anilines is 1. The zero-order chi connectivity index (χ0) is 22.9. The zero-order valence-corrected chi connectivity index (χ0v) is 18.0. The predicted octanol–water partition coefficient (Wildman–Crippen LogP) is 2.55. The van der Waals surface area contributed by atoms with Crippen LogP contribution in [0, 0.1) is 0 Å². The molecule has 0 bridgehead atoms. The van der Waals surface area contributed by atoms with E-state index in [0.717, 1.165) is 0 Å². The van der Waals surface area contributed by atoms with Crippen LogP contribution < -0.4 is 10.6 Å². The van der Waals surface area contributed by atoms with Crippen LogP contribution in [0.1, 0.15) is 66.2 Å². The third kappa shape index (κ3) is 4.31. The Morgan fingerprint density at radius 2 is 1.84 bits per heavy atom. The average molecular weight is 434 g/mol. The fourth-order valence-corrected chi connectivity index (χ4v) is 2.91. The van der Waals surface area contributed by atoms with Gasteiger partial charge in [0, 0.05) is 23.9 Å². The van der Waals surface area contributed by atoms with E-state index in [0.29, 0.717) is 28.5 Å². The molecule has 0 aliphatic carbocycles. The summed E-state index contributed by atoms with van der Waals surface area (Å²) >= 11 is 0. The number of aromatic nitrogens is 6. The van der Waals surface area contributed by atoms with E-state index >= 15 is 0 Å². The van der Waals surface area contributed by atoms with E-state index < -0.39 is 11.9 Å². The normalized spacial score (nSPS) is 12.5. The Morgan fingerprint density at radius 3 is 2.56 bits per heavy atom. The van der Waals surface area contributed by atoms with Gasteiger partial charge in [0.05, 0.1) is 30.3 Å². The standard InChI is InChI=1S/C21H22N8O3/c1-12(26-18(30)14-11-25-29-7-5-6-22-17(14)29)16-8-15(28-32-16)19(31)27-13-9-23-20(24-10-13)21(2,3)4/h5-12H,1-4H3,(H,26,30)(H,27,31)/t12-/m1/s1. The second-order valence-corrected chi connectivity index (χ2v) is 8.26. The first-order valence-electron chi connectivity index (χ1n) is 9.92. The maximum Gasteiger partial charge on any atom is 0.277 e. The highest BCUT2D eigenvalue weighted by molar-refractivity contribution is 6.02. The lowest BCUT2D eigenvalue weighted by molar-refractivity contribution is 0.0933. The van der Waals surface area contributed by atoms with Crippen molar-refractivity contribution in [3.05, 3.63) is 66.0 Å². The minimum absolute atomic E-state index is 0.0682. The third-order valence-corrected chi connectivity index (χ3v) is 4.64. The first-order valence-corrected chi connectivity index (χ1v) is 9.92. The molecule has 0 aromatic carbocycles. The van der Waals surface area contributed by atoms with Crippen LogP contribution in [0.4, 0.5) is 5.69 Å². The summed E-state index contributed by atoms with van der Waals surface area (Å²) in [6.45, 7) is 7.73. The molecule has 11 heteroatoms. The molecular formula is C21H22N8O3. The van der Waals surface area contributed by atoms with Gasteiger partial charge < -0.3 is 15.2 Å². The summed E-state index contributed by atoms with van der Waals surface area (Å²) in [5.74, 6) is 0.152. The molecule has 0 aliphatic rings. The summed E-state index contributed by atoms with van der Waals surface area (Å²) in [5, 5.41) is 13.4. The molecule has 11 nitrogen and oxygen atoms in total. The van der Waals surface area contributed by atoms with Gasteiger partial charge in [0.2, 0.25) is 0 Å². The number of rotatable bonds is 5. The minimum Gasteiger partial charge on any atom is -0.358 e. The van der Waals surface area contributed by atoms with Gasteiger partial charge in [0.25, 0.3) is 11.8 Å². The van der Waals surface area contributed by atoms with Gasteiger partial charge in [0.15, 0.2) is 17.1 Å². The SMILES string of the molecule is C[C@@H](NC(=O)c1cnn2cccnc12)c1cc(C(=O)Nc2cnc(C(C)(C)C)nc2)no1. The van der Waals surface area contributed by atoms with Crippen molar-refractivity contribution < 1.29 is 14.1 Å². The summed E-state index contributed by atoms with van der Waals surface area (Å²) in [7, 11) is 0. The number of hydrogen-bond donors (Lipinski definition) is 2. The Kier molecular flexibility index (Phi) is 5.39. The number of nitrogens with zero attached hydrogens (tertiary/aromatic N) is 6. The molecule has 0 spiro atoms. The Bertz CT molecular complexity index is 1270. The molecule has 0 saturated heterocycles. The number of nitrogens with one attached hydrogen (secondary N) is 2. The minimum atomic E-state index is -0.537. The molecule has 164 valence electrons. The fraction of sp³-hybridized carbons (Fsp3) is 0.286. The van der Waals surface area contributed by atoms with Crippen LogP contribution in [-0.2, 0) is 5.41 Å². The maximum absolute atomic E-state index is 12.6. The number of carbonyl (C=O) groups is 2. The van der Waals surface area contributed by atoms with Gasteiger partial charge >= 0.3 is 0 Å². The number of fused-ring (bicyclic) bond motifs is 1. The van der Waals surface area contributed by atoms with Crippen molar-refractivity contribution in [3.8, 4) is 0 Å². The number of carbonyl (C=O) groups excluding carboxylic acids is 2.